The van der Waals surface area contributed by atoms with Crippen LogP contribution in [0.25, 0.3) is 0 Å². The number of likely N-dealkylation sites (tertiary alicyclic amines) is 1. The Balaban J connectivity index is 2.71. The van der Waals surface area contributed by atoms with Crippen molar-refractivity contribution in [3.63, 3.8) is 0 Å². The quantitative estimate of drug-likeness (QED) is 0.755. The Hall–Kier alpha value is -0.580. The topological polar surface area (TPSA) is 57.6 Å². The van der Waals surface area contributed by atoms with Gasteiger partial charge < -0.3 is 10.0 Å². The molecule has 74 valence electrons. The zero-order valence-corrected chi connectivity index (χ0v) is 8.95. The number of rotatable bonds is 3. The minimum absolute atomic E-state index is 0.103. The number of hydrogen-bond donors (Lipinski definition) is 1. The van der Waals surface area contributed by atoms with Crippen molar-refractivity contribution in [2.75, 3.05) is 6.54 Å². The van der Waals surface area contributed by atoms with Gasteiger partial charge in [0.2, 0.25) is 5.91 Å². The van der Waals surface area contributed by atoms with Crippen molar-refractivity contribution in [1.82, 2.24) is 4.90 Å². The fourth-order valence-electron chi connectivity index (χ4n) is 1.50. The summed E-state index contributed by atoms with van der Waals surface area (Å²) in [6.07, 6.45) is 1.16. The highest BCUT2D eigenvalue weighted by Crippen LogP contribution is 2.21. The van der Waals surface area contributed by atoms with E-state index >= 15 is 0 Å². The van der Waals surface area contributed by atoms with Crippen LogP contribution in [-0.4, -0.2) is 39.3 Å². The van der Waals surface area contributed by atoms with Gasteiger partial charge in [0, 0.05) is 6.54 Å². The van der Waals surface area contributed by atoms with E-state index in [4.69, 9.17) is 5.11 Å². The first-order valence-corrected chi connectivity index (χ1v) is 5.16. The Labute approximate surface area is 85.0 Å². The number of aliphatic carboxylic acids is 1. The summed E-state index contributed by atoms with van der Waals surface area (Å²) >= 11 is 3.21. The van der Waals surface area contributed by atoms with Crippen molar-refractivity contribution < 1.29 is 14.7 Å². The maximum atomic E-state index is 11.4. The molecule has 1 aliphatic rings. The lowest BCUT2D eigenvalue weighted by Gasteiger charge is -2.22. The maximum absolute atomic E-state index is 11.4. The van der Waals surface area contributed by atoms with Gasteiger partial charge in [0.25, 0.3) is 0 Å². The number of halogens is 1. The minimum atomic E-state index is -0.919. The molecule has 0 aromatic carbocycles. The van der Waals surface area contributed by atoms with Crippen LogP contribution in [0.5, 0.6) is 0 Å². The Morgan fingerprint density at radius 3 is 2.77 bits per heavy atom. The molecule has 0 aliphatic carbocycles. The summed E-state index contributed by atoms with van der Waals surface area (Å²) in [6, 6.07) is -0.657. The fraction of sp³-hybridized carbons (Fsp3) is 0.750. The van der Waals surface area contributed by atoms with E-state index in [9.17, 15) is 9.59 Å². The van der Waals surface area contributed by atoms with Crippen molar-refractivity contribution in [1.29, 1.82) is 0 Å². The monoisotopic (exact) mass is 249 g/mol. The van der Waals surface area contributed by atoms with E-state index in [1.165, 1.54) is 4.90 Å². The predicted molar refractivity (Wildman–Crippen MR) is 50.8 cm³/mol. The van der Waals surface area contributed by atoms with E-state index in [2.05, 4.69) is 15.9 Å². The van der Waals surface area contributed by atoms with Gasteiger partial charge in [-0.3, -0.25) is 4.79 Å². The molecule has 5 heteroatoms. The molecule has 0 aromatic heterocycles. The molecule has 1 saturated heterocycles. The molecule has 13 heavy (non-hydrogen) atoms. The van der Waals surface area contributed by atoms with Gasteiger partial charge in [-0.15, -0.1) is 0 Å². The Bertz CT molecular complexity index is 231. The molecule has 1 aliphatic heterocycles. The van der Waals surface area contributed by atoms with Crippen molar-refractivity contribution in [2.24, 2.45) is 0 Å². The van der Waals surface area contributed by atoms with Gasteiger partial charge >= 0.3 is 5.97 Å². The second-order valence-electron chi connectivity index (χ2n) is 3.05. The lowest BCUT2D eigenvalue weighted by atomic mass is 10.2. The SMILES string of the molecule is CCC(C(=O)O)N1CCC(Br)C1=O. The van der Waals surface area contributed by atoms with E-state index in [0.717, 1.165) is 0 Å². The second-order valence-corrected chi connectivity index (χ2v) is 4.16. The summed E-state index contributed by atoms with van der Waals surface area (Å²) in [5, 5.41) is 8.83. The number of carboxylic acids is 1. The number of carbonyl (C=O) groups is 2. The molecule has 1 rings (SSSR count). The number of alkyl halides is 1. The van der Waals surface area contributed by atoms with Crippen molar-refractivity contribution >= 4 is 27.8 Å². The summed E-state index contributed by atoms with van der Waals surface area (Å²) in [4.78, 5) is 23.4. The molecule has 1 amide bonds. The third kappa shape index (κ3) is 2.02. The van der Waals surface area contributed by atoms with Gasteiger partial charge in [-0.25, -0.2) is 4.79 Å². The van der Waals surface area contributed by atoms with Crippen LogP contribution in [0.4, 0.5) is 0 Å². The van der Waals surface area contributed by atoms with Crippen LogP contribution >= 0.6 is 15.9 Å². The minimum Gasteiger partial charge on any atom is -0.480 e. The van der Waals surface area contributed by atoms with Gasteiger partial charge in [0.15, 0.2) is 0 Å². The molecule has 0 spiro atoms. The van der Waals surface area contributed by atoms with Gasteiger partial charge in [-0.1, -0.05) is 22.9 Å². The third-order valence-corrected chi connectivity index (χ3v) is 3.07. The molecule has 1 fully saturated rings. The highest BCUT2D eigenvalue weighted by molar-refractivity contribution is 9.10. The summed E-state index contributed by atoms with van der Waals surface area (Å²) in [5.74, 6) is -1.02. The van der Waals surface area contributed by atoms with E-state index in [1.807, 2.05) is 0 Å². The molecule has 2 unspecified atom stereocenters. The van der Waals surface area contributed by atoms with E-state index < -0.39 is 12.0 Å². The molecule has 1 N–H and O–H groups in total. The normalized spacial score (nSPS) is 24.9. The van der Waals surface area contributed by atoms with Crippen LogP contribution in [0.1, 0.15) is 19.8 Å². The predicted octanol–water partition coefficient (Wildman–Crippen LogP) is 0.845. The molecule has 0 saturated carbocycles. The van der Waals surface area contributed by atoms with Crippen LogP contribution in [0.3, 0.4) is 0 Å². The van der Waals surface area contributed by atoms with E-state index in [1.54, 1.807) is 6.92 Å². The van der Waals surface area contributed by atoms with E-state index in [-0.39, 0.29) is 10.7 Å². The largest absolute Gasteiger partial charge is 0.480 e. The van der Waals surface area contributed by atoms with Gasteiger partial charge in [0.05, 0.1) is 4.83 Å². The average Bonchev–Trinajstić information content (AvgIpc) is 2.37. The lowest BCUT2D eigenvalue weighted by molar-refractivity contribution is -0.148. The van der Waals surface area contributed by atoms with Crippen molar-refractivity contribution in [2.45, 2.75) is 30.6 Å². The van der Waals surface area contributed by atoms with Crippen LogP contribution in [0.15, 0.2) is 0 Å². The molecular weight excluding hydrogens is 238 g/mol. The number of carboxylic acid groups (broad SMARTS) is 1. The van der Waals surface area contributed by atoms with E-state index in [0.29, 0.717) is 19.4 Å². The molecule has 0 aromatic rings. The van der Waals surface area contributed by atoms with Crippen molar-refractivity contribution in [3.05, 3.63) is 0 Å². The molecule has 4 nitrogen and oxygen atoms in total. The highest BCUT2D eigenvalue weighted by atomic mass is 79.9. The van der Waals surface area contributed by atoms with Crippen LogP contribution in [0, 0.1) is 0 Å². The zero-order chi connectivity index (χ0) is 10.0. The second kappa shape index (κ2) is 4.09. The fourth-order valence-corrected chi connectivity index (χ4v) is 1.97. The van der Waals surface area contributed by atoms with Gasteiger partial charge in [-0.05, 0) is 12.8 Å². The summed E-state index contributed by atoms with van der Waals surface area (Å²) in [7, 11) is 0. The maximum Gasteiger partial charge on any atom is 0.326 e. The number of nitrogens with zero attached hydrogens (tertiary/aromatic N) is 1. The standard InChI is InChI=1S/C8H12BrNO3/c1-2-6(8(12)13)10-4-3-5(9)7(10)11/h5-6H,2-4H2,1H3,(H,12,13). The molecule has 2 atom stereocenters. The van der Waals surface area contributed by atoms with Gasteiger partial charge in [0.1, 0.15) is 6.04 Å². The number of amides is 1. The Kier molecular flexibility index (Phi) is 3.30. The first-order chi connectivity index (χ1) is 6.07. The molecule has 1 heterocycles. The first-order valence-electron chi connectivity index (χ1n) is 4.25. The van der Waals surface area contributed by atoms with Crippen LogP contribution < -0.4 is 0 Å². The van der Waals surface area contributed by atoms with Crippen molar-refractivity contribution in [3.8, 4) is 0 Å². The Morgan fingerprint density at radius 1 is 1.85 bits per heavy atom. The van der Waals surface area contributed by atoms with Crippen LogP contribution in [0.2, 0.25) is 0 Å². The zero-order valence-electron chi connectivity index (χ0n) is 7.36. The number of hydrogen-bond acceptors (Lipinski definition) is 2. The number of carbonyl (C=O) groups excluding carboxylic acids is 1. The smallest absolute Gasteiger partial charge is 0.326 e. The summed E-state index contributed by atoms with van der Waals surface area (Å²) < 4.78 is 0. The Morgan fingerprint density at radius 2 is 2.46 bits per heavy atom. The summed E-state index contributed by atoms with van der Waals surface area (Å²) in [5.41, 5.74) is 0. The molecule has 0 bridgehead atoms. The molecular formula is C8H12BrNO3. The first kappa shape index (κ1) is 10.5. The van der Waals surface area contributed by atoms with Crippen LogP contribution in [-0.2, 0) is 9.59 Å². The average molecular weight is 250 g/mol. The molecule has 0 radical (unpaired) electrons. The van der Waals surface area contributed by atoms with Gasteiger partial charge in [-0.2, -0.15) is 0 Å². The summed E-state index contributed by atoms with van der Waals surface area (Å²) in [6.45, 7) is 2.31. The lowest BCUT2D eigenvalue weighted by Crippen LogP contribution is -2.42. The highest BCUT2D eigenvalue weighted by Gasteiger charge is 2.36. The third-order valence-electron chi connectivity index (χ3n) is 2.22.